The molecule has 1 aliphatic rings. The zero-order chi connectivity index (χ0) is 27.6. The number of hydrogen-bond donors (Lipinski definition) is 3. The Kier molecular flexibility index (Phi) is 7.42. The van der Waals surface area contributed by atoms with Crippen molar-refractivity contribution in [3.63, 3.8) is 0 Å². The Labute approximate surface area is 222 Å². The number of hydrogen-bond acceptors (Lipinski definition) is 9. The minimum absolute atomic E-state index is 0.0691. The molecule has 1 aromatic carbocycles. The van der Waals surface area contributed by atoms with Crippen LogP contribution in [0.25, 0.3) is 5.69 Å². The highest BCUT2D eigenvalue weighted by atomic mass is 16.6. The quantitative estimate of drug-likeness (QED) is 0.457. The number of nitrogens with two attached hydrogens (primary N) is 1. The number of anilines is 5. The summed E-state index contributed by atoms with van der Waals surface area (Å²) in [5.74, 6) is 1.40. The topological polar surface area (TPSA) is 144 Å². The number of ether oxygens (including phenoxy) is 1. The number of nitrogens with zero attached hydrogens (tertiary/aromatic N) is 6. The van der Waals surface area contributed by atoms with Gasteiger partial charge in [0, 0.05) is 55.7 Å². The molecule has 4 rings (SSSR count). The summed E-state index contributed by atoms with van der Waals surface area (Å²) in [5, 5.41) is 10.3. The minimum atomic E-state index is -0.576. The largest absolute Gasteiger partial charge is 0.444 e. The minimum Gasteiger partial charge on any atom is -0.444 e. The number of nitrogen functional groups attached to an aromatic ring is 1. The van der Waals surface area contributed by atoms with Crippen molar-refractivity contribution in [2.75, 3.05) is 34.4 Å². The molecule has 3 aromatic rings. The van der Waals surface area contributed by atoms with Crippen LogP contribution in [0.15, 0.2) is 42.6 Å². The molecular formula is C26H35N9O3. The van der Waals surface area contributed by atoms with Crippen LogP contribution in [-0.4, -0.2) is 67.4 Å². The number of piperazine rings is 1. The molecule has 0 bridgehead atoms. The lowest BCUT2D eigenvalue weighted by Crippen LogP contribution is -2.58. The predicted molar refractivity (Wildman–Crippen MR) is 147 cm³/mol. The van der Waals surface area contributed by atoms with Gasteiger partial charge in [0.1, 0.15) is 11.4 Å². The fourth-order valence-corrected chi connectivity index (χ4v) is 4.60. The second-order valence-corrected chi connectivity index (χ2v) is 10.4. The van der Waals surface area contributed by atoms with Gasteiger partial charge in [-0.25, -0.2) is 9.78 Å². The van der Waals surface area contributed by atoms with Crippen molar-refractivity contribution in [1.82, 2.24) is 24.6 Å². The summed E-state index contributed by atoms with van der Waals surface area (Å²) in [4.78, 5) is 36.9. The number of benzene rings is 1. The van der Waals surface area contributed by atoms with Crippen LogP contribution in [-0.2, 0) is 9.53 Å². The van der Waals surface area contributed by atoms with Gasteiger partial charge >= 0.3 is 6.09 Å². The van der Waals surface area contributed by atoms with E-state index >= 15 is 0 Å². The lowest BCUT2D eigenvalue weighted by molar-refractivity contribution is -0.133. The van der Waals surface area contributed by atoms with E-state index in [9.17, 15) is 9.59 Å². The Morgan fingerprint density at radius 1 is 1.05 bits per heavy atom. The Balaban J connectivity index is 1.45. The number of amides is 2. The SMILES string of the molecule is CC(=O)N1[C@H](C)CN(c2cc(-n3nc(Nc4ccc(NC(=O)OC(C)(C)C)cc4)nc3N)ccn2)C[C@@H]1C. The van der Waals surface area contributed by atoms with E-state index in [2.05, 4.69) is 30.6 Å². The van der Waals surface area contributed by atoms with E-state index in [-0.39, 0.29) is 23.9 Å². The average Bonchev–Trinajstić information content (AvgIpc) is 3.18. The molecule has 1 aliphatic heterocycles. The third kappa shape index (κ3) is 6.31. The Morgan fingerprint density at radius 3 is 2.29 bits per heavy atom. The monoisotopic (exact) mass is 521 g/mol. The molecule has 0 unspecified atom stereocenters. The molecule has 2 aromatic heterocycles. The molecule has 0 spiro atoms. The van der Waals surface area contributed by atoms with Crippen molar-refractivity contribution in [2.45, 2.75) is 59.2 Å². The smallest absolute Gasteiger partial charge is 0.412 e. The molecule has 0 radical (unpaired) electrons. The molecule has 12 nitrogen and oxygen atoms in total. The first-order chi connectivity index (χ1) is 17.9. The van der Waals surface area contributed by atoms with Crippen molar-refractivity contribution >= 4 is 41.1 Å². The average molecular weight is 522 g/mol. The first kappa shape index (κ1) is 26.7. The molecule has 0 aliphatic carbocycles. The van der Waals surface area contributed by atoms with Gasteiger partial charge in [-0.1, -0.05) is 0 Å². The van der Waals surface area contributed by atoms with Gasteiger partial charge in [-0.15, -0.1) is 5.10 Å². The third-order valence-electron chi connectivity index (χ3n) is 6.00. The highest BCUT2D eigenvalue weighted by molar-refractivity contribution is 5.85. The van der Waals surface area contributed by atoms with Gasteiger partial charge in [0.05, 0.1) is 5.69 Å². The van der Waals surface area contributed by atoms with Crippen LogP contribution in [0, 0.1) is 0 Å². The number of rotatable bonds is 5. The summed E-state index contributed by atoms with van der Waals surface area (Å²) in [6.45, 7) is 12.5. The van der Waals surface area contributed by atoms with Crippen LogP contribution in [0.2, 0.25) is 0 Å². The van der Waals surface area contributed by atoms with Crippen molar-refractivity contribution in [3.8, 4) is 5.69 Å². The Morgan fingerprint density at radius 2 is 1.68 bits per heavy atom. The van der Waals surface area contributed by atoms with Crippen LogP contribution >= 0.6 is 0 Å². The van der Waals surface area contributed by atoms with Crippen molar-refractivity contribution in [1.29, 1.82) is 0 Å². The van der Waals surface area contributed by atoms with Gasteiger partial charge in [0.25, 0.3) is 0 Å². The Hall–Kier alpha value is -4.35. The predicted octanol–water partition coefficient (Wildman–Crippen LogP) is 3.78. The maximum atomic E-state index is 12.0. The maximum Gasteiger partial charge on any atom is 0.412 e. The van der Waals surface area contributed by atoms with Gasteiger partial charge in [-0.2, -0.15) is 9.67 Å². The summed E-state index contributed by atoms with van der Waals surface area (Å²) >= 11 is 0. The van der Waals surface area contributed by atoms with Gasteiger partial charge in [-0.3, -0.25) is 10.1 Å². The number of nitrogens with one attached hydrogen (secondary N) is 2. The molecule has 4 N–H and O–H groups in total. The molecule has 12 heteroatoms. The van der Waals surface area contributed by atoms with Gasteiger partial charge in [-0.05, 0) is 65.0 Å². The first-order valence-electron chi connectivity index (χ1n) is 12.5. The number of carbonyl (C=O) groups excluding carboxylic acids is 2. The van der Waals surface area contributed by atoms with E-state index < -0.39 is 11.7 Å². The summed E-state index contributed by atoms with van der Waals surface area (Å²) < 4.78 is 6.82. The molecular weight excluding hydrogens is 486 g/mol. The lowest BCUT2D eigenvalue weighted by atomic mass is 10.1. The number of pyridine rings is 1. The molecule has 3 heterocycles. The summed E-state index contributed by atoms with van der Waals surface area (Å²) in [5.41, 5.74) is 7.65. The van der Waals surface area contributed by atoms with Crippen molar-refractivity contribution in [3.05, 3.63) is 42.6 Å². The van der Waals surface area contributed by atoms with Crippen LogP contribution in [0.3, 0.4) is 0 Å². The van der Waals surface area contributed by atoms with Crippen LogP contribution < -0.4 is 21.3 Å². The molecule has 0 saturated carbocycles. The second kappa shape index (κ2) is 10.6. The van der Waals surface area contributed by atoms with Crippen LogP contribution in [0.4, 0.5) is 33.9 Å². The van der Waals surface area contributed by atoms with Gasteiger partial charge in [0.2, 0.25) is 17.8 Å². The van der Waals surface area contributed by atoms with Crippen LogP contribution in [0.5, 0.6) is 0 Å². The highest BCUT2D eigenvalue weighted by Crippen LogP contribution is 2.25. The van der Waals surface area contributed by atoms with E-state index in [4.69, 9.17) is 10.5 Å². The standard InChI is InChI=1S/C26H35N9O3/c1-16-14-33(15-17(2)34(16)18(3)36)22-13-21(11-12-28-22)35-23(27)31-24(32-35)29-19-7-9-20(10-8-19)30-25(37)38-26(4,5)6/h7-13,16-17H,14-15H2,1-6H3,(H,30,37)(H3,27,29,31,32)/t16-,17+. The van der Waals surface area contributed by atoms with Gasteiger partial charge in [0.15, 0.2) is 0 Å². The number of carbonyl (C=O) groups is 2. The highest BCUT2D eigenvalue weighted by Gasteiger charge is 2.31. The molecule has 38 heavy (non-hydrogen) atoms. The zero-order valence-corrected chi connectivity index (χ0v) is 22.6. The summed E-state index contributed by atoms with van der Waals surface area (Å²) in [7, 11) is 0. The summed E-state index contributed by atoms with van der Waals surface area (Å²) in [6.07, 6.45) is 1.19. The van der Waals surface area contributed by atoms with E-state index in [0.29, 0.717) is 24.7 Å². The fourth-order valence-electron chi connectivity index (χ4n) is 4.60. The Bertz CT molecular complexity index is 1290. The molecule has 1 saturated heterocycles. The van der Waals surface area contributed by atoms with E-state index in [0.717, 1.165) is 17.2 Å². The normalized spacial score (nSPS) is 17.7. The van der Waals surface area contributed by atoms with E-state index in [1.807, 2.05) is 51.7 Å². The van der Waals surface area contributed by atoms with Crippen molar-refractivity contribution < 1.29 is 14.3 Å². The maximum absolute atomic E-state index is 12.0. The first-order valence-corrected chi connectivity index (χ1v) is 12.5. The van der Waals surface area contributed by atoms with E-state index in [1.54, 1.807) is 42.1 Å². The van der Waals surface area contributed by atoms with Gasteiger partial charge < -0.3 is 25.6 Å². The lowest BCUT2D eigenvalue weighted by Gasteiger charge is -2.44. The molecule has 2 amide bonds. The van der Waals surface area contributed by atoms with E-state index in [1.165, 1.54) is 0 Å². The summed E-state index contributed by atoms with van der Waals surface area (Å²) in [6, 6.07) is 10.9. The van der Waals surface area contributed by atoms with Crippen molar-refractivity contribution in [2.24, 2.45) is 0 Å². The molecule has 202 valence electrons. The molecule has 2 atom stereocenters. The molecule has 1 fully saturated rings. The van der Waals surface area contributed by atoms with Crippen LogP contribution in [0.1, 0.15) is 41.5 Å². The third-order valence-corrected chi connectivity index (χ3v) is 6.00. The second-order valence-electron chi connectivity index (χ2n) is 10.4. The zero-order valence-electron chi connectivity index (χ0n) is 22.6. The fraction of sp³-hybridized carbons (Fsp3) is 0.423. The number of aromatic nitrogens is 4.